The van der Waals surface area contributed by atoms with Gasteiger partial charge in [0.05, 0.1) is 23.6 Å². The van der Waals surface area contributed by atoms with Crippen LogP contribution in [0.25, 0.3) is 0 Å². The molecule has 2 aromatic rings. The van der Waals surface area contributed by atoms with Gasteiger partial charge in [0.2, 0.25) is 0 Å². The molecule has 1 N–H and O–H groups in total. The van der Waals surface area contributed by atoms with Gasteiger partial charge >= 0.3 is 0 Å². The predicted octanol–water partition coefficient (Wildman–Crippen LogP) is 4.19. The largest absolute Gasteiger partial charge is 0.490 e. The number of hydrogen-bond donors (Lipinski definition) is 1. The Hall–Kier alpha value is -1.27. The van der Waals surface area contributed by atoms with Crippen molar-refractivity contribution in [3.05, 3.63) is 45.1 Å². The van der Waals surface area contributed by atoms with E-state index in [1.165, 1.54) is 10.4 Å². The van der Waals surface area contributed by atoms with E-state index in [9.17, 15) is 0 Å². The molecule has 1 aliphatic heterocycles. The molecule has 136 valence electrons. The highest BCUT2D eigenvalue weighted by Gasteiger charge is 2.26. The van der Waals surface area contributed by atoms with Crippen molar-refractivity contribution in [1.82, 2.24) is 10.2 Å². The predicted molar refractivity (Wildman–Crippen MR) is 104 cm³/mol. The summed E-state index contributed by atoms with van der Waals surface area (Å²) in [6, 6.07) is 10.6. The van der Waals surface area contributed by atoms with E-state index in [2.05, 4.69) is 28.4 Å². The number of piperazine rings is 1. The van der Waals surface area contributed by atoms with Crippen LogP contribution in [-0.4, -0.2) is 44.3 Å². The summed E-state index contributed by atoms with van der Waals surface area (Å²) >= 11 is 7.87. The van der Waals surface area contributed by atoms with Crippen molar-refractivity contribution in [3.8, 4) is 11.5 Å². The van der Waals surface area contributed by atoms with Gasteiger partial charge in [-0.05, 0) is 43.7 Å². The number of benzene rings is 1. The summed E-state index contributed by atoms with van der Waals surface area (Å²) in [6.45, 7) is 9.26. The van der Waals surface area contributed by atoms with Crippen LogP contribution in [0.3, 0.4) is 0 Å². The fraction of sp³-hybridized carbons (Fsp3) is 0.474. The van der Waals surface area contributed by atoms with Crippen LogP contribution in [0.15, 0.2) is 30.3 Å². The molecule has 2 heterocycles. The average molecular weight is 381 g/mol. The van der Waals surface area contributed by atoms with Crippen molar-refractivity contribution in [2.75, 3.05) is 39.4 Å². The Morgan fingerprint density at radius 3 is 2.44 bits per heavy atom. The first-order valence-electron chi connectivity index (χ1n) is 8.82. The Labute approximate surface area is 158 Å². The van der Waals surface area contributed by atoms with Crippen LogP contribution < -0.4 is 14.8 Å². The van der Waals surface area contributed by atoms with E-state index < -0.39 is 0 Å². The summed E-state index contributed by atoms with van der Waals surface area (Å²) in [4.78, 5) is 3.77. The number of ether oxygens (including phenoxy) is 2. The van der Waals surface area contributed by atoms with Crippen LogP contribution in [-0.2, 0) is 0 Å². The minimum absolute atomic E-state index is 0.189. The Morgan fingerprint density at radius 2 is 1.80 bits per heavy atom. The maximum absolute atomic E-state index is 6.22. The van der Waals surface area contributed by atoms with E-state index in [1.54, 1.807) is 11.3 Å². The third kappa shape index (κ3) is 4.47. The van der Waals surface area contributed by atoms with Gasteiger partial charge in [0.15, 0.2) is 11.5 Å². The molecule has 1 saturated heterocycles. The Morgan fingerprint density at radius 1 is 1.08 bits per heavy atom. The number of nitrogens with one attached hydrogen (secondary N) is 1. The molecule has 1 aliphatic rings. The van der Waals surface area contributed by atoms with Gasteiger partial charge in [-0.25, -0.2) is 0 Å². The van der Waals surface area contributed by atoms with Crippen molar-refractivity contribution < 1.29 is 9.47 Å². The smallest absolute Gasteiger partial charge is 0.161 e. The lowest BCUT2D eigenvalue weighted by molar-refractivity contribution is 0.200. The van der Waals surface area contributed by atoms with Crippen molar-refractivity contribution in [2.45, 2.75) is 19.9 Å². The zero-order chi connectivity index (χ0) is 17.6. The maximum atomic E-state index is 6.22. The fourth-order valence-corrected chi connectivity index (χ4v) is 4.43. The summed E-state index contributed by atoms with van der Waals surface area (Å²) in [5.41, 5.74) is 1.22. The van der Waals surface area contributed by atoms with Gasteiger partial charge in [-0.15, -0.1) is 11.3 Å². The summed E-state index contributed by atoms with van der Waals surface area (Å²) in [5, 5.41) is 3.43. The van der Waals surface area contributed by atoms with E-state index in [0.717, 1.165) is 42.0 Å². The molecule has 0 radical (unpaired) electrons. The van der Waals surface area contributed by atoms with Crippen LogP contribution in [0, 0.1) is 0 Å². The normalized spacial score (nSPS) is 16.6. The van der Waals surface area contributed by atoms with E-state index in [4.69, 9.17) is 21.1 Å². The Bertz CT molecular complexity index is 686. The van der Waals surface area contributed by atoms with E-state index in [0.29, 0.717) is 13.2 Å². The van der Waals surface area contributed by atoms with Crippen LogP contribution in [0.1, 0.15) is 30.3 Å². The zero-order valence-corrected chi connectivity index (χ0v) is 16.3. The van der Waals surface area contributed by atoms with Gasteiger partial charge in [-0.2, -0.15) is 0 Å². The first kappa shape index (κ1) is 18.5. The van der Waals surface area contributed by atoms with Crippen molar-refractivity contribution in [2.24, 2.45) is 0 Å². The molecule has 1 aromatic heterocycles. The van der Waals surface area contributed by atoms with Crippen LogP contribution in [0.4, 0.5) is 0 Å². The standard InChI is InChI=1S/C19H25ClN2O2S/c1-3-23-15-6-5-14(13-16(15)24-4-2)19(17-7-8-18(20)25-17)22-11-9-21-10-12-22/h5-8,13,19,21H,3-4,9-12H2,1-2H3. The average Bonchev–Trinajstić information content (AvgIpc) is 3.05. The fourth-order valence-electron chi connectivity index (χ4n) is 3.21. The first-order chi connectivity index (χ1) is 12.2. The highest BCUT2D eigenvalue weighted by Crippen LogP contribution is 2.39. The van der Waals surface area contributed by atoms with Crippen LogP contribution >= 0.6 is 22.9 Å². The molecule has 0 aliphatic carbocycles. The zero-order valence-electron chi connectivity index (χ0n) is 14.8. The highest BCUT2D eigenvalue weighted by molar-refractivity contribution is 7.16. The molecule has 0 spiro atoms. The third-order valence-corrected chi connectivity index (χ3v) is 5.55. The summed E-state index contributed by atoms with van der Waals surface area (Å²) in [5.74, 6) is 1.61. The van der Waals surface area contributed by atoms with Gasteiger partial charge in [0, 0.05) is 31.1 Å². The van der Waals surface area contributed by atoms with Crippen molar-refractivity contribution in [1.29, 1.82) is 0 Å². The molecule has 3 rings (SSSR count). The molecule has 25 heavy (non-hydrogen) atoms. The number of thiophene rings is 1. The molecule has 1 unspecified atom stereocenters. The maximum Gasteiger partial charge on any atom is 0.161 e. The second kappa shape index (κ2) is 8.90. The lowest BCUT2D eigenvalue weighted by Crippen LogP contribution is -2.45. The molecule has 0 amide bonds. The lowest BCUT2D eigenvalue weighted by atomic mass is 10.0. The molecular formula is C19H25ClN2O2S. The van der Waals surface area contributed by atoms with Gasteiger partial charge in [0.1, 0.15) is 0 Å². The van der Waals surface area contributed by atoms with Crippen LogP contribution in [0.2, 0.25) is 4.34 Å². The number of halogens is 1. The molecule has 4 nitrogen and oxygen atoms in total. The van der Waals surface area contributed by atoms with Gasteiger partial charge < -0.3 is 14.8 Å². The number of hydrogen-bond acceptors (Lipinski definition) is 5. The Kier molecular flexibility index (Phi) is 6.59. The molecule has 0 bridgehead atoms. The van der Waals surface area contributed by atoms with Gasteiger partial charge in [-0.1, -0.05) is 17.7 Å². The lowest BCUT2D eigenvalue weighted by Gasteiger charge is -2.35. The minimum Gasteiger partial charge on any atom is -0.490 e. The van der Waals surface area contributed by atoms with E-state index in [1.807, 2.05) is 26.0 Å². The number of nitrogens with zero attached hydrogens (tertiary/aromatic N) is 1. The molecule has 6 heteroatoms. The topological polar surface area (TPSA) is 33.7 Å². The van der Waals surface area contributed by atoms with E-state index in [-0.39, 0.29) is 6.04 Å². The monoisotopic (exact) mass is 380 g/mol. The SMILES string of the molecule is CCOc1ccc(C(c2ccc(Cl)s2)N2CCNCC2)cc1OCC. The number of rotatable bonds is 7. The second-order valence-corrected chi connectivity index (χ2v) is 7.65. The molecular weight excluding hydrogens is 356 g/mol. The molecule has 0 saturated carbocycles. The minimum atomic E-state index is 0.189. The summed E-state index contributed by atoms with van der Waals surface area (Å²) < 4.78 is 12.4. The molecule has 1 atom stereocenters. The second-order valence-electron chi connectivity index (χ2n) is 5.90. The Balaban J connectivity index is 1.98. The quantitative estimate of drug-likeness (QED) is 0.780. The summed E-state index contributed by atoms with van der Waals surface area (Å²) in [6.07, 6.45) is 0. The first-order valence-corrected chi connectivity index (χ1v) is 10.0. The van der Waals surface area contributed by atoms with Gasteiger partial charge in [-0.3, -0.25) is 4.90 Å². The summed E-state index contributed by atoms with van der Waals surface area (Å²) in [7, 11) is 0. The van der Waals surface area contributed by atoms with Crippen LogP contribution in [0.5, 0.6) is 11.5 Å². The van der Waals surface area contributed by atoms with Crippen molar-refractivity contribution in [3.63, 3.8) is 0 Å². The van der Waals surface area contributed by atoms with E-state index >= 15 is 0 Å². The van der Waals surface area contributed by atoms with Gasteiger partial charge in [0.25, 0.3) is 0 Å². The highest BCUT2D eigenvalue weighted by atomic mass is 35.5. The molecule has 1 fully saturated rings. The molecule has 1 aromatic carbocycles. The third-order valence-electron chi connectivity index (χ3n) is 4.26. The van der Waals surface area contributed by atoms with Crippen molar-refractivity contribution >= 4 is 22.9 Å².